The van der Waals surface area contributed by atoms with Crippen molar-refractivity contribution in [1.29, 1.82) is 0 Å². The van der Waals surface area contributed by atoms with Crippen LogP contribution in [0.2, 0.25) is 0 Å². The Morgan fingerprint density at radius 1 is 1.25 bits per heavy atom. The van der Waals surface area contributed by atoms with Crippen molar-refractivity contribution >= 4 is 40.3 Å². The van der Waals surface area contributed by atoms with E-state index in [1.807, 2.05) is 0 Å². The number of carbonyl (C=O) groups excluding carboxylic acids is 1. The van der Waals surface area contributed by atoms with E-state index in [1.54, 1.807) is 11.8 Å². The molecule has 1 aromatic rings. The summed E-state index contributed by atoms with van der Waals surface area (Å²) in [6.45, 7) is 4.38. The van der Waals surface area contributed by atoms with Crippen molar-refractivity contribution in [1.82, 2.24) is 10.2 Å². The van der Waals surface area contributed by atoms with E-state index in [0.717, 1.165) is 24.4 Å². The second kappa shape index (κ2) is 8.89. The molecule has 0 saturated carbocycles. The van der Waals surface area contributed by atoms with Crippen molar-refractivity contribution in [2.45, 2.75) is 24.2 Å². The molecule has 0 atom stereocenters. The summed E-state index contributed by atoms with van der Waals surface area (Å²) in [6, 6.07) is 8.26. The van der Waals surface area contributed by atoms with Crippen molar-refractivity contribution in [2.75, 3.05) is 31.9 Å². The number of halogens is 1. The Morgan fingerprint density at radius 3 is 2.65 bits per heavy atom. The van der Waals surface area contributed by atoms with Crippen molar-refractivity contribution in [3.05, 3.63) is 27.8 Å². The van der Waals surface area contributed by atoms with Crippen LogP contribution in [-0.2, 0) is 4.79 Å². The van der Waals surface area contributed by atoms with Gasteiger partial charge in [-0.2, -0.15) is 0 Å². The van der Waals surface area contributed by atoms with Crippen LogP contribution in [0.3, 0.4) is 0 Å². The highest BCUT2D eigenvalue weighted by molar-refractivity contribution is 14.1. The second-order valence-corrected chi connectivity index (χ2v) is 7.29. The maximum absolute atomic E-state index is 11.7. The molecular weight excluding hydrogens is 383 g/mol. The average molecular weight is 404 g/mol. The number of benzene rings is 1. The minimum absolute atomic E-state index is 0.134. The number of likely N-dealkylation sites (tertiary alicyclic amines) is 1. The molecule has 1 aliphatic heterocycles. The fourth-order valence-corrected chi connectivity index (χ4v) is 3.36. The number of nitrogens with one attached hydrogen (secondary N) is 1. The summed E-state index contributed by atoms with van der Waals surface area (Å²) < 4.78 is 1.22. The highest BCUT2D eigenvalue weighted by atomic mass is 127. The first-order chi connectivity index (χ1) is 9.74. The molecule has 1 heterocycles. The highest BCUT2D eigenvalue weighted by Crippen LogP contribution is 2.18. The maximum atomic E-state index is 11.7. The fourth-order valence-electron chi connectivity index (χ4n) is 2.27. The van der Waals surface area contributed by atoms with Gasteiger partial charge in [0.05, 0.1) is 5.75 Å². The van der Waals surface area contributed by atoms with Crippen LogP contribution in [0.4, 0.5) is 0 Å². The third kappa shape index (κ3) is 6.01. The Hall–Kier alpha value is -0.270. The van der Waals surface area contributed by atoms with E-state index < -0.39 is 0 Å². The van der Waals surface area contributed by atoms with Gasteiger partial charge in [-0.1, -0.05) is 0 Å². The molecule has 3 nitrogen and oxygen atoms in total. The van der Waals surface area contributed by atoms with E-state index in [9.17, 15) is 4.79 Å². The van der Waals surface area contributed by atoms with E-state index >= 15 is 0 Å². The summed E-state index contributed by atoms with van der Waals surface area (Å²) >= 11 is 3.88. The lowest BCUT2D eigenvalue weighted by atomic mass is 10.4. The van der Waals surface area contributed by atoms with Gasteiger partial charge in [-0.15, -0.1) is 11.8 Å². The van der Waals surface area contributed by atoms with Crippen LogP contribution in [0.25, 0.3) is 0 Å². The van der Waals surface area contributed by atoms with Gasteiger partial charge in [0.15, 0.2) is 0 Å². The summed E-state index contributed by atoms with van der Waals surface area (Å²) in [5.41, 5.74) is 0. The molecule has 5 heteroatoms. The third-order valence-corrected chi connectivity index (χ3v) is 5.09. The smallest absolute Gasteiger partial charge is 0.230 e. The van der Waals surface area contributed by atoms with Crippen LogP contribution in [0.1, 0.15) is 19.3 Å². The predicted molar refractivity (Wildman–Crippen MR) is 93.2 cm³/mol. The zero-order chi connectivity index (χ0) is 14.2. The second-order valence-electron chi connectivity index (χ2n) is 4.99. The number of rotatable bonds is 7. The molecule has 1 N–H and O–H groups in total. The van der Waals surface area contributed by atoms with Gasteiger partial charge in [0.1, 0.15) is 0 Å². The van der Waals surface area contributed by atoms with E-state index in [0.29, 0.717) is 5.75 Å². The predicted octanol–water partition coefficient (Wildman–Crippen LogP) is 2.99. The lowest BCUT2D eigenvalue weighted by Crippen LogP contribution is -2.29. The summed E-state index contributed by atoms with van der Waals surface area (Å²) in [7, 11) is 0. The molecule has 0 unspecified atom stereocenters. The number of carbonyl (C=O) groups is 1. The van der Waals surface area contributed by atoms with Crippen LogP contribution < -0.4 is 5.32 Å². The molecule has 1 fully saturated rings. The zero-order valence-electron chi connectivity index (χ0n) is 11.6. The molecule has 2 rings (SSSR count). The monoisotopic (exact) mass is 404 g/mol. The molecule has 20 heavy (non-hydrogen) atoms. The molecule has 110 valence electrons. The summed E-state index contributed by atoms with van der Waals surface area (Å²) in [5, 5.41) is 3.00. The van der Waals surface area contributed by atoms with Gasteiger partial charge in [0.2, 0.25) is 5.91 Å². The first kappa shape index (κ1) is 16.1. The van der Waals surface area contributed by atoms with E-state index in [4.69, 9.17) is 0 Å². The van der Waals surface area contributed by atoms with Gasteiger partial charge in [0.25, 0.3) is 0 Å². The van der Waals surface area contributed by atoms with Gasteiger partial charge in [-0.05, 0) is 85.8 Å². The number of nitrogens with zero attached hydrogens (tertiary/aromatic N) is 1. The van der Waals surface area contributed by atoms with E-state index in [2.05, 4.69) is 57.1 Å². The average Bonchev–Trinajstić information content (AvgIpc) is 2.96. The first-order valence-electron chi connectivity index (χ1n) is 7.11. The summed E-state index contributed by atoms with van der Waals surface area (Å²) in [4.78, 5) is 15.4. The van der Waals surface area contributed by atoms with Crippen molar-refractivity contribution < 1.29 is 4.79 Å². The van der Waals surface area contributed by atoms with Crippen LogP contribution in [-0.4, -0.2) is 42.7 Å². The molecular formula is C15H21IN2OS. The largest absolute Gasteiger partial charge is 0.355 e. The van der Waals surface area contributed by atoms with Gasteiger partial charge in [0, 0.05) is 15.0 Å². The van der Waals surface area contributed by atoms with Crippen LogP contribution >= 0.6 is 34.4 Å². The van der Waals surface area contributed by atoms with Crippen LogP contribution in [0, 0.1) is 3.57 Å². The number of amides is 1. The van der Waals surface area contributed by atoms with Crippen molar-refractivity contribution in [2.24, 2.45) is 0 Å². The molecule has 0 spiro atoms. The molecule has 0 bridgehead atoms. The quantitative estimate of drug-likeness (QED) is 0.431. The van der Waals surface area contributed by atoms with Crippen molar-refractivity contribution in [3.8, 4) is 0 Å². The standard InChI is InChI=1S/C15H21IN2OS/c16-13-4-6-14(7-5-13)20-12-15(19)17-8-3-11-18-9-1-2-10-18/h4-7H,1-3,8-12H2,(H,17,19). The molecule has 0 aliphatic carbocycles. The van der Waals surface area contributed by atoms with Crippen LogP contribution in [0.15, 0.2) is 29.2 Å². The number of thioether (sulfide) groups is 1. The lowest BCUT2D eigenvalue weighted by Gasteiger charge is -2.14. The molecule has 1 saturated heterocycles. The Balaban J connectivity index is 1.54. The molecule has 1 amide bonds. The molecule has 0 aromatic heterocycles. The van der Waals surface area contributed by atoms with Gasteiger partial charge in [-0.3, -0.25) is 4.79 Å². The first-order valence-corrected chi connectivity index (χ1v) is 9.18. The fraction of sp³-hybridized carbons (Fsp3) is 0.533. The normalized spacial score (nSPS) is 15.4. The highest BCUT2D eigenvalue weighted by Gasteiger charge is 2.10. The summed E-state index contributed by atoms with van der Waals surface area (Å²) in [5.74, 6) is 0.639. The Kier molecular flexibility index (Phi) is 7.16. The molecule has 0 radical (unpaired) electrons. The minimum atomic E-state index is 0.134. The Bertz CT molecular complexity index is 418. The Morgan fingerprint density at radius 2 is 1.95 bits per heavy atom. The third-order valence-electron chi connectivity index (χ3n) is 3.36. The van der Waals surface area contributed by atoms with E-state index in [1.165, 1.54) is 29.5 Å². The molecule has 1 aliphatic rings. The van der Waals surface area contributed by atoms with Gasteiger partial charge in [-0.25, -0.2) is 0 Å². The Labute approximate surface area is 139 Å². The van der Waals surface area contributed by atoms with E-state index in [-0.39, 0.29) is 5.91 Å². The SMILES string of the molecule is O=C(CSc1ccc(I)cc1)NCCCN1CCCC1. The maximum Gasteiger partial charge on any atom is 0.230 e. The molecule has 1 aromatic carbocycles. The summed E-state index contributed by atoms with van der Waals surface area (Å²) in [6.07, 6.45) is 3.72. The topological polar surface area (TPSA) is 32.3 Å². The van der Waals surface area contributed by atoms with Gasteiger partial charge >= 0.3 is 0 Å². The zero-order valence-corrected chi connectivity index (χ0v) is 14.6. The number of hydrogen-bond donors (Lipinski definition) is 1. The van der Waals surface area contributed by atoms with Crippen LogP contribution in [0.5, 0.6) is 0 Å². The van der Waals surface area contributed by atoms with Gasteiger partial charge < -0.3 is 10.2 Å². The number of hydrogen-bond acceptors (Lipinski definition) is 3. The van der Waals surface area contributed by atoms with Crippen molar-refractivity contribution in [3.63, 3.8) is 0 Å². The minimum Gasteiger partial charge on any atom is -0.355 e. The lowest BCUT2D eigenvalue weighted by molar-refractivity contribution is -0.118.